The number of hydrogen-bond acceptors (Lipinski definition) is 2. The van der Waals surface area contributed by atoms with Crippen LogP contribution in [0.2, 0.25) is 0 Å². The van der Waals surface area contributed by atoms with Crippen molar-refractivity contribution >= 4 is 17.5 Å². The molecule has 0 aliphatic carbocycles. The fourth-order valence-corrected chi connectivity index (χ4v) is 2.94. The molecule has 1 unspecified atom stereocenters. The van der Waals surface area contributed by atoms with Crippen LogP contribution in [0.5, 0.6) is 0 Å². The molecule has 1 N–H and O–H groups in total. The Labute approximate surface area is 149 Å². The lowest BCUT2D eigenvalue weighted by Crippen LogP contribution is -2.37. The topological polar surface area (TPSA) is 49.4 Å². The smallest absolute Gasteiger partial charge is 0.243 e. The number of amides is 2. The highest BCUT2D eigenvalue weighted by atomic mass is 16.2. The summed E-state index contributed by atoms with van der Waals surface area (Å²) in [5.74, 6) is -0.436. The van der Waals surface area contributed by atoms with Crippen molar-refractivity contribution in [2.24, 2.45) is 0 Å². The lowest BCUT2D eigenvalue weighted by atomic mass is 9.95. The summed E-state index contributed by atoms with van der Waals surface area (Å²) in [7, 11) is 1.68. The Balaban J connectivity index is 2.01. The number of carbonyl (C=O) groups is 2. The van der Waals surface area contributed by atoms with E-state index in [1.54, 1.807) is 7.05 Å². The molecular weight excluding hydrogens is 312 g/mol. The molecule has 2 aromatic rings. The number of benzene rings is 2. The van der Waals surface area contributed by atoms with Crippen molar-refractivity contribution in [1.82, 2.24) is 4.90 Å². The average molecular weight is 338 g/mol. The van der Waals surface area contributed by atoms with Gasteiger partial charge in [0.1, 0.15) is 0 Å². The summed E-state index contributed by atoms with van der Waals surface area (Å²) < 4.78 is 0. The van der Waals surface area contributed by atoms with Crippen molar-refractivity contribution < 1.29 is 9.59 Å². The highest BCUT2D eigenvalue weighted by Crippen LogP contribution is 2.21. The van der Waals surface area contributed by atoms with Gasteiger partial charge >= 0.3 is 0 Å². The number of nitrogens with one attached hydrogen (secondary N) is 1. The van der Waals surface area contributed by atoms with Crippen LogP contribution in [0.4, 0.5) is 5.69 Å². The summed E-state index contributed by atoms with van der Waals surface area (Å²) >= 11 is 0. The second-order valence-corrected chi connectivity index (χ2v) is 6.12. The lowest BCUT2D eigenvalue weighted by molar-refractivity contribution is -0.134. The van der Waals surface area contributed by atoms with Crippen molar-refractivity contribution in [3.05, 3.63) is 65.7 Å². The summed E-state index contributed by atoms with van der Waals surface area (Å²) in [6, 6.07) is 17.4. The minimum atomic E-state index is -0.220. The van der Waals surface area contributed by atoms with Crippen LogP contribution in [-0.2, 0) is 16.0 Å². The van der Waals surface area contributed by atoms with Gasteiger partial charge in [-0.25, -0.2) is 0 Å². The standard InChI is InChI=1S/C21H26N2O2/c1-4-16-11-9-10-14-19(16)22-20(24)15-23(3)21(25)18(5-2)17-12-7-6-8-13-17/h6-14,18H,4-5,15H2,1-3H3,(H,22,24). The van der Waals surface area contributed by atoms with Crippen LogP contribution in [0.1, 0.15) is 37.3 Å². The molecule has 4 nitrogen and oxygen atoms in total. The van der Waals surface area contributed by atoms with Gasteiger partial charge in [-0.2, -0.15) is 0 Å². The van der Waals surface area contributed by atoms with Gasteiger partial charge in [-0.1, -0.05) is 62.4 Å². The van der Waals surface area contributed by atoms with Crippen LogP contribution in [0.3, 0.4) is 0 Å². The normalized spacial score (nSPS) is 11.6. The lowest BCUT2D eigenvalue weighted by Gasteiger charge is -2.23. The molecule has 2 rings (SSSR count). The van der Waals surface area contributed by atoms with Crippen molar-refractivity contribution in [1.29, 1.82) is 0 Å². The van der Waals surface area contributed by atoms with E-state index in [9.17, 15) is 9.59 Å². The predicted molar refractivity (Wildman–Crippen MR) is 102 cm³/mol. The SMILES string of the molecule is CCc1ccccc1NC(=O)CN(C)C(=O)C(CC)c1ccccc1. The first-order valence-corrected chi connectivity index (χ1v) is 8.74. The molecule has 25 heavy (non-hydrogen) atoms. The fourth-order valence-electron chi connectivity index (χ4n) is 2.94. The molecule has 0 fully saturated rings. The predicted octanol–water partition coefficient (Wildman–Crippen LogP) is 3.84. The van der Waals surface area contributed by atoms with E-state index in [1.807, 2.05) is 68.4 Å². The molecule has 2 aromatic carbocycles. The van der Waals surface area contributed by atoms with Gasteiger partial charge in [0.05, 0.1) is 12.5 Å². The zero-order valence-electron chi connectivity index (χ0n) is 15.2. The number of nitrogens with zero attached hydrogens (tertiary/aromatic N) is 1. The maximum absolute atomic E-state index is 12.7. The summed E-state index contributed by atoms with van der Waals surface area (Å²) in [5, 5.41) is 2.91. The number of anilines is 1. The monoisotopic (exact) mass is 338 g/mol. The van der Waals surface area contributed by atoms with Crippen molar-refractivity contribution in [2.45, 2.75) is 32.6 Å². The number of aryl methyl sites for hydroxylation is 1. The molecule has 0 bridgehead atoms. The van der Waals surface area contributed by atoms with E-state index in [4.69, 9.17) is 0 Å². The summed E-state index contributed by atoms with van der Waals surface area (Å²) in [6.07, 6.45) is 1.55. The molecule has 0 aliphatic rings. The Kier molecular flexibility index (Phi) is 6.75. The molecule has 0 spiro atoms. The molecule has 132 valence electrons. The van der Waals surface area contributed by atoms with Gasteiger partial charge in [0.2, 0.25) is 11.8 Å². The minimum absolute atomic E-state index is 0.0346. The third-order valence-corrected chi connectivity index (χ3v) is 4.34. The van der Waals surface area contributed by atoms with E-state index in [0.29, 0.717) is 6.42 Å². The van der Waals surface area contributed by atoms with E-state index in [0.717, 1.165) is 23.2 Å². The second-order valence-electron chi connectivity index (χ2n) is 6.12. The Hall–Kier alpha value is -2.62. The van der Waals surface area contributed by atoms with Gasteiger partial charge in [-0.3, -0.25) is 9.59 Å². The highest BCUT2D eigenvalue weighted by Gasteiger charge is 2.23. The molecule has 0 radical (unpaired) electrons. The Bertz CT molecular complexity index is 713. The number of para-hydroxylation sites is 1. The van der Waals surface area contributed by atoms with Gasteiger partial charge in [0.25, 0.3) is 0 Å². The first-order valence-electron chi connectivity index (χ1n) is 8.74. The Morgan fingerprint density at radius 3 is 2.28 bits per heavy atom. The molecule has 1 atom stereocenters. The van der Waals surface area contributed by atoms with E-state index in [1.165, 1.54) is 4.90 Å². The van der Waals surface area contributed by atoms with Gasteiger partial charge in [0, 0.05) is 12.7 Å². The van der Waals surface area contributed by atoms with Crippen LogP contribution >= 0.6 is 0 Å². The number of rotatable bonds is 7. The Morgan fingerprint density at radius 1 is 1.00 bits per heavy atom. The third kappa shape index (κ3) is 4.92. The van der Waals surface area contributed by atoms with Gasteiger partial charge < -0.3 is 10.2 Å². The number of likely N-dealkylation sites (N-methyl/N-ethyl adjacent to an activating group) is 1. The van der Waals surface area contributed by atoms with Crippen LogP contribution in [0, 0.1) is 0 Å². The van der Waals surface area contributed by atoms with Crippen molar-refractivity contribution in [3.8, 4) is 0 Å². The van der Waals surface area contributed by atoms with Crippen LogP contribution in [0.15, 0.2) is 54.6 Å². The minimum Gasteiger partial charge on any atom is -0.336 e. The fraction of sp³-hybridized carbons (Fsp3) is 0.333. The Morgan fingerprint density at radius 2 is 1.64 bits per heavy atom. The van der Waals surface area contributed by atoms with E-state index < -0.39 is 0 Å². The zero-order chi connectivity index (χ0) is 18.2. The molecule has 2 amide bonds. The summed E-state index contributed by atoms with van der Waals surface area (Å²) in [4.78, 5) is 26.6. The van der Waals surface area contributed by atoms with Crippen LogP contribution < -0.4 is 5.32 Å². The molecule has 0 saturated heterocycles. The summed E-state index contributed by atoms with van der Waals surface area (Å²) in [5.41, 5.74) is 2.88. The maximum Gasteiger partial charge on any atom is 0.243 e. The van der Waals surface area contributed by atoms with Gasteiger partial charge in [0.15, 0.2) is 0 Å². The largest absolute Gasteiger partial charge is 0.336 e. The molecule has 0 aliphatic heterocycles. The second kappa shape index (κ2) is 9.02. The van der Waals surface area contributed by atoms with E-state index in [2.05, 4.69) is 5.32 Å². The zero-order valence-corrected chi connectivity index (χ0v) is 15.2. The first-order chi connectivity index (χ1) is 12.1. The summed E-state index contributed by atoms with van der Waals surface area (Å²) in [6.45, 7) is 4.08. The van der Waals surface area contributed by atoms with E-state index >= 15 is 0 Å². The van der Waals surface area contributed by atoms with Crippen molar-refractivity contribution in [3.63, 3.8) is 0 Å². The van der Waals surface area contributed by atoms with E-state index in [-0.39, 0.29) is 24.3 Å². The third-order valence-electron chi connectivity index (χ3n) is 4.34. The first kappa shape index (κ1) is 18.7. The average Bonchev–Trinajstić information content (AvgIpc) is 2.63. The molecule has 0 saturated carbocycles. The molecule has 4 heteroatoms. The van der Waals surface area contributed by atoms with Crippen LogP contribution in [0.25, 0.3) is 0 Å². The highest BCUT2D eigenvalue weighted by molar-refractivity contribution is 5.96. The van der Waals surface area contributed by atoms with Gasteiger partial charge in [-0.05, 0) is 30.0 Å². The molecule has 0 aromatic heterocycles. The quantitative estimate of drug-likeness (QED) is 0.834. The number of hydrogen-bond donors (Lipinski definition) is 1. The molecule has 0 heterocycles. The van der Waals surface area contributed by atoms with Crippen LogP contribution in [-0.4, -0.2) is 30.3 Å². The molecular formula is C21H26N2O2. The van der Waals surface area contributed by atoms with Crippen molar-refractivity contribution in [2.75, 3.05) is 18.9 Å². The number of carbonyl (C=O) groups excluding carboxylic acids is 2. The maximum atomic E-state index is 12.7. The van der Waals surface area contributed by atoms with Gasteiger partial charge in [-0.15, -0.1) is 0 Å².